The molecular formula is C19H18F3N5O. The van der Waals surface area contributed by atoms with Crippen molar-refractivity contribution in [2.24, 2.45) is 0 Å². The molecule has 146 valence electrons. The molecule has 0 amide bonds. The van der Waals surface area contributed by atoms with E-state index in [4.69, 9.17) is 5.11 Å². The number of hydrogen-bond donors (Lipinski definition) is 3. The molecule has 2 aromatic heterocycles. The molecule has 9 heteroatoms. The third-order valence-electron chi connectivity index (χ3n) is 3.91. The predicted octanol–water partition coefficient (Wildman–Crippen LogP) is 4.01. The average Bonchev–Trinajstić information content (AvgIpc) is 2.68. The van der Waals surface area contributed by atoms with Crippen LogP contribution in [0, 0.1) is 6.92 Å². The van der Waals surface area contributed by atoms with E-state index in [-0.39, 0.29) is 19.1 Å². The minimum Gasteiger partial charge on any atom is -0.395 e. The Labute approximate surface area is 159 Å². The molecule has 0 atom stereocenters. The lowest BCUT2D eigenvalue weighted by molar-refractivity contribution is -0.137. The lowest BCUT2D eigenvalue weighted by atomic mass is 10.1. The van der Waals surface area contributed by atoms with E-state index in [2.05, 4.69) is 25.6 Å². The van der Waals surface area contributed by atoms with Crippen LogP contribution in [0.1, 0.15) is 11.1 Å². The third kappa shape index (κ3) is 4.74. The van der Waals surface area contributed by atoms with Crippen LogP contribution in [0.2, 0.25) is 0 Å². The number of nitrogens with one attached hydrogen (secondary N) is 2. The summed E-state index contributed by atoms with van der Waals surface area (Å²) >= 11 is 0. The Hall–Kier alpha value is -3.20. The number of rotatable bonds is 6. The van der Waals surface area contributed by atoms with Crippen molar-refractivity contribution in [3.63, 3.8) is 0 Å². The first-order valence-corrected chi connectivity index (χ1v) is 8.46. The highest BCUT2D eigenvalue weighted by molar-refractivity contribution is 5.68. The minimum absolute atomic E-state index is 0.115. The van der Waals surface area contributed by atoms with Crippen LogP contribution in [0.5, 0.6) is 0 Å². The molecular weight excluding hydrogens is 371 g/mol. The van der Waals surface area contributed by atoms with Gasteiger partial charge in [0.15, 0.2) is 0 Å². The maximum absolute atomic E-state index is 13.0. The Morgan fingerprint density at radius 1 is 1.11 bits per heavy atom. The average molecular weight is 389 g/mol. The molecule has 0 aliphatic carbocycles. The monoisotopic (exact) mass is 389 g/mol. The fraction of sp³-hybridized carbons (Fsp3) is 0.211. The number of alkyl halides is 3. The van der Waals surface area contributed by atoms with Crippen molar-refractivity contribution in [1.82, 2.24) is 15.0 Å². The Morgan fingerprint density at radius 2 is 1.93 bits per heavy atom. The van der Waals surface area contributed by atoms with Gasteiger partial charge in [-0.3, -0.25) is 4.98 Å². The standard InChI is InChI=1S/C19H18F3N5O/c1-12-4-5-14(19(20,21)22)9-15(12)25-17-10-16(13-3-2-6-23-11-13)26-18(27-17)24-7-8-28/h2-6,9-11,28H,7-8H2,1H3,(H2,24,25,26,27). The van der Waals surface area contributed by atoms with Gasteiger partial charge < -0.3 is 15.7 Å². The predicted molar refractivity (Wildman–Crippen MR) is 100 cm³/mol. The fourth-order valence-electron chi connectivity index (χ4n) is 2.49. The van der Waals surface area contributed by atoms with E-state index < -0.39 is 11.7 Å². The summed E-state index contributed by atoms with van der Waals surface area (Å²) in [6.07, 6.45) is -1.19. The number of aryl methyl sites for hydroxylation is 1. The summed E-state index contributed by atoms with van der Waals surface area (Å²) in [5.74, 6) is 0.555. The summed E-state index contributed by atoms with van der Waals surface area (Å²) < 4.78 is 39.1. The highest BCUT2D eigenvalue weighted by Gasteiger charge is 2.30. The van der Waals surface area contributed by atoms with Gasteiger partial charge in [0.2, 0.25) is 5.95 Å². The molecule has 3 rings (SSSR count). The van der Waals surface area contributed by atoms with Crippen molar-refractivity contribution < 1.29 is 18.3 Å². The summed E-state index contributed by atoms with van der Waals surface area (Å²) in [5, 5.41) is 14.8. The number of benzene rings is 1. The summed E-state index contributed by atoms with van der Waals surface area (Å²) in [6, 6.07) is 8.67. The normalized spacial score (nSPS) is 11.3. The number of aliphatic hydroxyl groups excluding tert-OH is 1. The molecule has 0 saturated heterocycles. The molecule has 0 aliphatic rings. The molecule has 0 radical (unpaired) electrons. The van der Waals surface area contributed by atoms with E-state index in [1.807, 2.05) is 6.07 Å². The largest absolute Gasteiger partial charge is 0.416 e. The Morgan fingerprint density at radius 3 is 2.61 bits per heavy atom. The van der Waals surface area contributed by atoms with Crippen LogP contribution in [0.15, 0.2) is 48.8 Å². The molecule has 6 nitrogen and oxygen atoms in total. The molecule has 0 bridgehead atoms. The molecule has 0 fully saturated rings. The van der Waals surface area contributed by atoms with Gasteiger partial charge in [0.1, 0.15) is 5.82 Å². The maximum Gasteiger partial charge on any atom is 0.416 e. The highest BCUT2D eigenvalue weighted by atomic mass is 19.4. The van der Waals surface area contributed by atoms with Gasteiger partial charge in [0.25, 0.3) is 0 Å². The zero-order chi connectivity index (χ0) is 20.1. The Bertz CT molecular complexity index is 948. The van der Waals surface area contributed by atoms with Crippen molar-refractivity contribution in [2.45, 2.75) is 13.1 Å². The van der Waals surface area contributed by atoms with Crippen molar-refractivity contribution in [3.8, 4) is 11.3 Å². The van der Waals surface area contributed by atoms with E-state index in [9.17, 15) is 13.2 Å². The first kappa shape index (κ1) is 19.6. The van der Waals surface area contributed by atoms with Crippen LogP contribution in [0.4, 0.5) is 30.6 Å². The van der Waals surface area contributed by atoms with Gasteiger partial charge in [-0.25, -0.2) is 4.98 Å². The van der Waals surface area contributed by atoms with Gasteiger partial charge in [0, 0.05) is 36.3 Å². The van der Waals surface area contributed by atoms with Crippen molar-refractivity contribution in [2.75, 3.05) is 23.8 Å². The van der Waals surface area contributed by atoms with E-state index in [1.165, 1.54) is 6.07 Å². The SMILES string of the molecule is Cc1ccc(C(F)(F)F)cc1Nc1cc(-c2cccnc2)nc(NCCO)n1. The smallest absolute Gasteiger partial charge is 0.395 e. The Kier molecular flexibility index (Phi) is 5.74. The number of halogens is 3. The van der Waals surface area contributed by atoms with Crippen molar-refractivity contribution >= 4 is 17.5 Å². The molecule has 28 heavy (non-hydrogen) atoms. The van der Waals surface area contributed by atoms with E-state index >= 15 is 0 Å². The number of aromatic nitrogens is 3. The molecule has 3 aromatic rings. The van der Waals surface area contributed by atoms with Crippen LogP contribution in [-0.2, 0) is 6.18 Å². The van der Waals surface area contributed by atoms with Gasteiger partial charge in [-0.05, 0) is 36.8 Å². The molecule has 3 N–H and O–H groups in total. The lowest BCUT2D eigenvalue weighted by Crippen LogP contribution is -2.10. The molecule has 1 aromatic carbocycles. The molecule has 0 spiro atoms. The summed E-state index contributed by atoms with van der Waals surface area (Å²) in [5.41, 5.74) is 1.44. The second kappa shape index (κ2) is 8.22. The van der Waals surface area contributed by atoms with Crippen molar-refractivity contribution in [3.05, 3.63) is 59.9 Å². The van der Waals surface area contributed by atoms with E-state index in [0.717, 1.165) is 17.7 Å². The van der Waals surface area contributed by atoms with Crippen LogP contribution in [0.25, 0.3) is 11.3 Å². The van der Waals surface area contributed by atoms with Crippen LogP contribution in [0.3, 0.4) is 0 Å². The highest BCUT2D eigenvalue weighted by Crippen LogP contribution is 2.33. The number of pyridine rings is 1. The van der Waals surface area contributed by atoms with Crippen LogP contribution >= 0.6 is 0 Å². The minimum atomic E-state index is -4.44. The van der Waals surface area contributed by atoms with Crippen molar-refractivity contribution in [1.29, 1.82) is 0 Å². The topological polar surface area (TPSA) is 83.0 Å². The maximum atomic E-state index is 13.0. The second-order valence-electron chi connectivity index (χ2n) is 6.01. The van der Waals surface area contributed by atoms with Crippen LogP contribution in [-0.4, -0.2) is 33.2 Å². The summed E-state index contributed by atoms with van der Waals surface area (Å²) in [7, 11) is 0. The number of anilines is 3. The molecule has 0 unspecified atom stereocenters. The second-order valence-corrected chi connectivity index (χ2v) is 6.01. The van der Waals surface area contributed by atoms with E-state index in [1.54, 1.807) is 31.5 Å². The molecule has 0 aliphatic heterocycles. The number of nitrogens with zero attached hydrogens (tertiary/aromatic N) is 3. The lowest BCUT2D eigenvalue weighted by Gasteiger charge is -2.14. The Balaban J connectivity index is 1.99. The zero-order valence-electron chi connectivity index (χ0n) is 15.0. The number of aliphatic hydroxyl groups is 1. The zero-order valence-corrected chi connectivity index (χ0v) is 15.0. The van der Waals surface area contributed by atoms with Crippen LogP contribution < -0.4 is 10.6 Å². The van der Waals surface area contributed by atoms with Gasteiger partial charge in [-0.2, -0.15) is 18.2 Å². The van der Waals surface area contributed by atoms with Gasteiger partial charge in [0.05, 0.1) is 17.9 Å². The first-order chi connectivity index (χ1) is 13.4. The third-order valence-corrected chi connectivity index (χ3v) is 3.91. The summed E-state index contributed by atoms with van der Waals surface area (Å²) in [4.78, 5) is 12.7. The fourth-order valence-corrected chi connectivity index (χ4v) is 2.49. The van der Waals surface area contributed by atoms with E-state index in [0.29, 0.717) is 22.8 Å². The first-order valence-electron chi connectivity index (χ1n) is 8.46. The number of hydrogen-bond acceptors (Lipinski definition) is 6. The molecule has 2 heterocycles. The summed E-state index contributed by atoms with van der Waals surface area (Å²) in [6.45, 7) is 1.82. The molecule has 0 saturated carbocycles. The van der Waals surface area contributed by atoms with Gasteiger partial charge in [-0.1, -0.05) is 6.07 Å². The van der Waals surface area contributed by atoms with Gasteiger partial charge >= 0.3 is 6.18 Å². The van der Waals surface area contributed by atoms with Gasteiger partial charge in [-0.15, -0.1) is 0 Å². The quantitative estimate of drug-likeness (QED) is 0.591.